The quantitative estimate of drug-likeness (QED) is 0.403. The molecule has 0 aromatic rings. The van der Waals surface area contributed by atoms with Crippen molar-refractivity contribution >= 4 is 11.8 Å². The summed E-state index contributed by atoms with van der Waals surface area (Å²) < 4.78 is 1.38. The van der Waals surface area contributed by atoms with Gasteiger partial charge in [0.1, 0.15) is 6.04 Å². The largest absolute Gasteiger partial charge is 1.00 e. The molecule has 13 heavy (non-hydrogen) atoms. The van der Waals surface area contributed by atoms with Crippen LogP contribution in [0.3, 0.4) is 0 Å². The molecule has 3 heteroatoms. The fourth-order valence-electron chi connectivity index (χ4n) is 3.35. The average Bonchev–Trinajstić information content (AvgIpc) is 2.57. The van der Waals surface area contributed by atoms with E-state index in [-0.39, 0.29) is 24.0 Å². The van der Waals surface area contributed by atoms with E-state index in [1.54, 1.807) is 0 Å². The SMILES string of the molecule is C[N@+]12CCC[C@H]1[C@H]1SC=C[C@H]1C2.[I-]. The maximum absolute atomic E-state index is 2.46. The number of rotatable bonds is 0. The van der Waals surface area contributed by atoms with Gasteiger partial charge in [0.25, 0.3) is 0 Å². The lowest BCUT2D eigenvalue weighted by molar-refractivity contribution is -0.909. The van der Waals surface area contributed by atoms with Gasteiger partial charge in [-0.05, 0) is 5.41 Å². The number of fused-ring (bicyclic) bond motifs is 3. The van der Waals surface area contributed by atoms with Crippen LogP contribution in [0.1, 0.15) is 12.8 Å². The Morgan fingerprint density at radius 3 is 3.15 bits per heavy atom. The van der Waals surface area contributed by atoms with Gasteiger partial charge in [-0.25, -0.2) is 0 Å². The van der Waals surface area contributed by atoms with Gasteiger partial charge >= 0.3 is 0 Å². The minimum atomic E-state index is 0. The third kappa shape index (κ3) is 1.38. The molecule has 0 aliphatic carbocycles. The van der Waals surface area contributed by atoms with Crippen LogP contribution in [0, 0.1) is 5.92 Å². The summed E-state index contributed by atoms with van der Waals surface area (Å²) in [7, 11) is 2.46. The summed E-state index contributed by atoms with van der Waals surface area (Å²) >= 11 is 2.09. The molecule has 0 amide bonds. The van der Waals surface area contributed by atoms with Gasteiger partial charge in [0.15, 0.2) is 0 Å². The number of quaternary nitrogens is 1. The van der Waals surface area contributed by atoms with Gasteiger partial charge in [-0.1, -0.05) is 6.08 Å². The van der Waals surface area contributed by atoms with E-state index in [1.807, 2.05) is 0 Å². The number of hydrogen-bond acceptors (Lipinski definition) is 1. The molecule has 3 rings (SSSR count). The Bertz CT molecular complexity index is 243. The van der Waals surface area contributed by atoms with Crippen LogP contribution in [0.25, 0.3) is 0 Å². The fourth-order valence-corrected chi connectivity index (χ4v) is 4.82. The van der Waals surface area contributed by atoms with Crippen LogP contribution in [0.4, 0.5) is 0 Å². The van der Waals surface area contributed by atoms with Crippen LogP contribution >= 0.6 is 11.8 Å². The number of hydrogen-bond donors (Lipinski definition) is 0. The van der Waals surface area contributed by atoms with Gasteiger partial charge in [-0.15, -0.1) is 11.8 Å². The zero-order chi connectivity index (χ0) is 8.18. The normalized spacial score (nSPS) is 51.6. The monoisotopic (exact) mass is 309 g/mol. The lowest BCUT2D eigenvalue weighted by Gasteiger charge is -2.30. The van der Waals surface area contributed by atoms with Crippen LogP contribution in [-0.2, 0) is 0 Å². The smallest absolute Gasteiger partial charge is 0.102 e. The highest BCUT2D eigenvalue weighted by Crippen LogP contribution is 2.47. The Hall–Kier alpha value is 0.780. The van der Waals surface area contributed by atoms with Crippen molar-refractivity contribution in [1.82, 2.24) is 0 Å². The second kappa shape index (κ2) is 3.42. The van der Waals surface area contributed by atoms with E-state index < -0.39 is 0 Å². The van der Waals surface area contributed by atoms with Crippen molar-refractivity contribution in [2.45, 2.75) is 24.1 Å². The van der Waals surface area contributed by atoms with Crippen molar-refractivity contribution in [3.63, 3.8) is 0 Å². The van der Waals surface area contributed by atoms with Crippen LogP contribution in [0.5, 0.6) is 0 Å². The van der Waals surface area contributed by atoms with E-state index in [4.69, 9.17) is 0 Å². The van der Waals surface area contributed by atoms with Gasteiger partial charge < -0.3 is 28.5 Å². The highest BCUT2D eigenvalue weighted by Gasteiger charge is 2.54. The van der Waals surface area contributed by atoms with Crippen LogP contribution < -0.4 is 24.0 Å². The molecule has 2 fully saturated rings. The van der Waals surface area contributed by atoms with E-state index >= 15 is 0 Å². The zero-order valence-corrected chi connectivity index (χ0v) is 10.9. The van der Waals surface area contributed by atoms with E-state index in [1.165, 1.54) is 30.4 Å². The lowest BCUT2D eigenvalue weighted by atomic mass is 10.0. The molecule has 4 atom stereocenters. The third-order valence-corrected chi connectivity index (χ3v) is 5.25. The van der Waals surface area contributed by atoms with Crippen molar-refractivity contribution in [3.8, 4) is 0 Å². The molecule has 0 unspecified atom stereocenters. The standard InChI is InChI=1S/C10H16NS.HI/c1-11-5-2-3-9(11)10-8(7-11)4-6-12-10;/h4,6,8-10H,2-3,5,7H2,1H3;1H/q+1;/p-1/t8-,9-,10-,11+;/m0./s1. The minimum absolute atomic E-state index is 0. The molecule has 3 aliphatic heterocycles. The topological polar surface area (TPSA) is 0 Å². The molecular weight excluding hydrogens is 293 g/mol. The number of nitrogens with zero attached hydrogens (tertiary/aromatic N) is 1. The first-order valence-corrected chi connectivity index (χ1v) is 5.90. The highest BCUT2D eigenvalue weighted by atomic mass is 127. The molecular formula is C10H16INS. The first kappa shape index (κ1) is 10.3. The third-order valence-electron chi connectivity index (χ3n) is 3.96. The first-order valence-electron chi connectivity index (χ1n) is 4.96. The van der Waals surface area contributed by atoms with Crippen LogP contribution in [0.15, 0.2) is 11.5 Å². The molecule has 0 saturated carbocycles. The summed E-state index contributed by atoms with van der Waals surface area (Å²) in [5.41, 5.74) is 0. The van der Waals surface area contributed by atoms with Crippen molar-refractivity contribution in [2.24, 2.45) is 5.92 Å². The van der Waals surface area contributed by atoms with Crippen molar-refractivity contribution in [3.05, 3.63) is 11.5 Å². The highest BCUT2D eigenvalue weighted by molar-refractivity contribution is 8.03. The molecule has 1 nitrogen and oxygen atoms in total. The number of halogens is 1. The summed E-state index contributed by atoms with van der Waals surface area (Å²) in [4.78, 5) is 0. The summed E-state index contributed by atoms with van der Waals surface area (Å²) in [5, 5.41) is 3.27. The van der Waals surface area contributed by atoms with Gasteiger partial charge in [0.05, 0.1) is 25.4 Å². The van der Waals surface area contributed by atoms with Crippen LogP contribution in [0.2, 0.25) is 0 Å². The van der Waals surface area contributed by atoms with E-state index in [0.717, 1.165) is 17.2 Å². The molecule has 0 N–H and O–H groups in total. The molecule has 0 spiro atoms. The lowest BCUT2D eigenvalue weighted by Crippen LogP contribution is -3.00. The van der Waals surface area contributed by atoms with Gasteiger partial charge in [-0.2, -0.15) is 0 Å². The Morgan fingerprint density at radius 1 is 1.46 bits per heavy atom. The summed E-state index contributed by atoms with van der Waals surface area (Å²) in [6.45, 7) is 2.85. The molecule has 0 bridgehead atoms. The molecule has 0 radical (unpaired) electrons. The molecule has 3 aliphatic rings. The maximum Gasteiger partial charge on any atom is 0.102 e. The molecule has 74 valence electrons. The Labute approximate surface area is 102 Å². The van der Waals surface area contributed by atoms with Gasteiger partial charge in [0, 0.05) is 18.8 Å². The van der Waals surface area contributed by atoms with Crippen molar-refractivity contribution in [2.75, 3.05) is 20.1 Å². The van der Waals surface area contributed by atoms with E-state index in [9.17, 15) is 0 Å². The van der Waals surface area contributed by atoms with Gasteiger partial charge in [-0.3, -0.25) is 0 Å². The molecule has 0 aromatic heterocycles. The fraction of sp³-hybridized carbons (Fsp3) is 0.800. The summed E-state index contributed by atoms with van der Waals surface area (Å²) in [6.07, 6.45) is 5.38. The van der Waals surface area contributed by atoms with E-state index in [0.29, 0.717) is 0 Å². The second-order valence-corrected chi connectivity index (χ2v) is 5.78. The van der Waals surface area contributed by atoms with Gasteiger partial charge in [0.2, 0.25) is 0 Å². The Morgan fingerprint density at radius 2 is 2.31 bits per heavy atom. The Kier molecular flexibility index (Phi) is 2.71. The first-order chi connectivity index (χ1) is 5.80. The van der Waals surface area contributed by atoms with E-state index in [2.05, 4.69) is 30.3 Å². The predicted molar refractivity (Wildman–Crippen MR) is 52.9 cm³/mol. The predicted octanol–water partition coefficient (Wildman–Crippen LogP) is -1.14. The zero-order valence-electron chi connectivity index (χ0n) is 7.95. The summed E-state index contributed by atoms with van der Waals surface area (Å²) in [6, 6.07) is 0.981. The van der Waals surface area contributed by atoms with Crippen molar-refractivity contribution < 1.29 is 28.5 Å². The van der Waals surface area contributed by atoms with Crippen LogP contribution in [-0.4, -0.2) is 35.9 Å². The van der Waals surface area contributed by atoms with Crippen molar-refractivity contribution in [1.29, 1.82) is 0 Å². The summed E-state index contributed by atoms with van der Waals surface area (Å²) in [5.74, 6) is 0.908. The Balaban J connectivity index is 0.000000653. The molecule has 0 aromatic carbocycles. The molecule has 3 heterocycles. The maximum atomic E-state index is 2.46. The second-order valence-electron chi connectivity index (χ2n) is 4.69. The molecule has 2 saturated heterocycles. The number of thioether (sulfide) groups is 1. The average molecular weight is 309 g/mol. The minimum Gasteiger partial charge on any atom is -1.00 e.